The molecule has 2 rings (SSSR count). The highest BCUT2D eigenvalue weighted by molar-refractivity contribution is 9.11. The van der Waals surface area contributed by atoms with Crippen LogP contribution in [0.5, 0.6) is 0 Å². The molecule has 1 heterocycles. The molecule has 0 saturated heterocycles. The number of rotatable bonds is 4. The number of benzene rings is 1. The van der Waals surface area contributed by atoms with Gasteiger partial charge in [-0.25, -0.2) is 0 Å². The maximum atomic E-state index is 12.0. The van der Waals surface area contributed by atoms with Crippen molar-refractivity contribution in [2.45, 2.75) is 6.92 Å². The van der Waals surface area contributed by atoms with Crippen LogP contribution in [-0.4, -0.2) is 10.7 Å². The normalized spacial score (nSPS) is 10.9. The summed E-state index contributed by atoms with van der Waals surface area (Å²) in [6, 6.07) is 8.27. The molecule has 20 heavy (non-hydrogen) atoms. The van der Waals surface area contributed by atoms with Crippen LogP contribution >= 0.6 is 27.3 Å². The fraction of sp³-hybridized carbons (Fsp3) is 0.0714. The highest BCUT2D eigenvalue weighted by Gasteiger charge is 2.13. The van der Waals surface area contributed by atoms with Gasteiger partial charge in [0.05, 0.1) is 8.71 Å². The van der Waals surface area contributed by atoms with Gasteiger partial charge in [-0.05, 0) is 47.1 Å². The molecular formula is C14H10BrNO3S. The van der Waals surface area contributed by atoms with Gasteiger partial charge in [-0.1, -0.05) is 12.1 Å². The number of carbonyl (C=O) groups excluding carboxylic acids is 1. The molecule has 2 aromatic rings. The Morgan fingerprint density at radius 3 is 2.70 bits per heavy atom. The van der Waals surface area contributed by atoms with E-state index < -0.39 is 4.92 Å². The van der Waals surface area contributed by atoms with Gasteiger partial charge in [-0.15, -0.1) is 11.3 Å². The summed E-state index contributed by atoms with van der Waals surface area (Å²) in [7, 11) is 0. The van der Waals surface area contributed by atoms with Crippen LogP contribution in [0.1, 0.15) is 20.8 Å². The van der Waals surface area contributed by atoms with E-state index in [-0.39, 0.29) is 11.5 Å². The van der Waals surface area contributed by atoms with Gasteiger partial charge >= 0.3 is 0 Å². The van der Waals surface area contributed by atoms with Crippen LogP contribution < -0.4 is 0 Å². The lowest BCUT2D eigenvalue weighted by atomic mass is 10.1. The summed E-state index contributed by atoms with van der Waals surface area (Å²) in [6.07, 6.45) is 3.12. The molecule has 6 heteroatoms. The zero-order chi connectivity index (χ0) is 14.7. The van der Waals surface area contributed by atoms with E-state index in [1.807, 2.05) is 12.1 Å². The maximum absolute atomic E-state index is 12.0. The number of thiophene rings is 1. The largest absolute Gasteiger partial charge is 0.289 e. The highest BCUT2D eigenvalue weighted by atomic mass is 79.9. The smallest absolute Gasteiger partial charge is 0.273 e. The third-order valence-electron chi connectivity index (χ3n) is 2.68. The monoisotopic (exact) mass is 351 g/mol. The van der Waals surface area contributed by atoms with Gasteiger partial charge in [0.15, 0.2) is 5.78 Å². The number of aryl methyl sites for hydroxylation is 1. The van der Waals surface area contributed by atoms with Crippen molar-refractivity contribution < 1.29 is 9.72 Å². The van der Waals surface area contributed by atoms with Crippen molar-refractivity contribution in [3.63, 3.8) is 0 Å². The molecule has 102 valence electrons. The number of carbonyl (C=O) groups is 1. The van der Waals surface area contributed by atoms with Gasteiger partial charge in [0.2, 0.25) is 0 Å². The predicted octanol–water partition coefficient (Wildman–Crippen LogP) is 4.62. The van der Waals surface area contributed by atoms with Crippen molar-refractivity contribution in [2.75, 3.05) is 0 Å². The van der Waals surface area contributed by atoms with E-state index in [4.69, 9.17) is 0 Å². The molecule has 0 aliphatic rings. The van der Waals surface area contributed by atoms with Crippen LogP contribution in [0.2, 0.25) is 0 Å². The summed E-state index contributed by atoms with van der Waals surface area (Å²) >= 11 is 4.85. The minimum atomic E-state index is -0.480. The Labute approximate surface area is 128 Å². The molecule has 0 bridgehead atoms. The molecule has 0 spiro atoms. The second kappa shape index (κ2) is 6.11. The number of nitro groups is 1. The molecule has 0 fully saturated rings. The van der Waals surface area contributed by atoms with E-state index in [2.05, 4.69) is 15.9 Å². The van der Waals surface area contributed by atoms with Gasteiger partial charge < -0.3 is 0 Å². The van der Waals surface area contributed by atoms with Crippen molar-refractivity contribution in [1.82, 2.24) is 0 Å². The first-order chi connectivity index (χ1) is 9.47. The van der Waals surface area contributed by atoms with E-state index in [0.29, 0.717) is 11.1 Å². The van der Waals surface area contributed by atoms with Crippen LogP contribution in [0.3, 0.4) is 0 Å². The summed E-state index contributed by atoms with van der Waals surface area (Å²) in [5, 5.41) is 10.9. The molecule has 0 radical (unpaired) electrons. The lowest BCUT2D eigenvalue weighted by molar-refractivity contribution is -0.385. The van der Waals surface area contributed by atoms with E-state index in [9.17, 15) is 14.9 Å². The molecule has 1 aromatic heterocycles. The molecule has 0 unspecified atom stereocenters. The fourth-order valence-electron chi connectivity index (χ4n) is 1.63. The van der Waals surface area contributed by atoms with Crippen LogP contribution in [0.4, 0.5) is 5.69 Å². The molecule has 0 aliphatic heterocycles. The Morgan fingerprint density at radius 1 is 1.35 bits per heavy atom. The number of hydrogen-bond donors (Lipinski definition) is 0. The molecule has 0 saturated carbocycles. The quantitative estimate of drug-likeness (QED) is 0.349. The Hall–Kier alpha value is -1.79. The summed E-state index contributed by atoms with van der Waals surface area (Å²) in [5.41, 5.74) is 0.815. The number of hydrogen-bond acceptors (Lipinski definition) is 4. The standard InChI is InChI=1S/C14H10BrNO3S/c1-9-2-3-10(8-12(9)16(18)19)13(17)6-4-11-5-7-14(15)20-11/h2-8H,1H3. The molecule has 4 nitrogen and oxygen atoms in total. The lowest BCUT2D eigenvalue weighted by Crippen LogP contribution is -1.98. The van der Waals surface area contributed by atoms with Gasteiger partial charge in [0.1, 0.15) is 0 Å². The molecule has 0 amide bonds. The Kier molecular flexibility index (Phi) is 4.46. The van der Waals surface area contributed by atoms with Gasteiger partial charge in [0.25, 0.3) is 5.69 Å². The minimum Gasteiger partial charge on any atom is -0.289 e. The Balaban J connectivity index is 2.23. The molecule has 0 aliphatic carbocycles. The Bertz CT molecular complexity index is 706. The molecule has 0 atom stereocenters. The predicted molar refractivity (Wildman–Crippen MR) is 83.2 cm³/mol. The van der Waals surface area contributed by atoms with E-state index in [1.54, 1.807) is 25.1 Å². The van der Waals surface area contributed by atoms with Crippen molar-refractivity contribution >= 4 is 44.8 Å². The van der Waals surface area contributed by atoms with Crippen molar-refractivity contribution in [3.8, 4) is 0 Å². The van der Waals surface area contributed by atoms with E-state index in [1.165, 1.54) is 23.5 Å². The number of halogens is 1. The summed E-state index contributed by atoms with van der Waals surface area (Å²) in [4.78, 5) is 23.3. The first-order valence-electron chi connectivity index (χ1n) is 5.70. The molecule has 0 N–H and O–H groups in total. The zero-order valence-corrected chi connectivity index (χ0v) is 12.9. The summed E-state index contributed by atoms with van der Waals surface area (Å²) < 4.78 is 0.982. The topological polar surface area (TPSA) is 60.2 Å². The van der Waals surface area contributed by atoms with Gasteiger partial charge in [0, 0.05) is 22.1 Å². The Morgan fingerprint density at radius 2 is 2.10 bits per heavy atom. The number of nitro benzene ring substituents is 1. The second-order valence-corrected chi connectivity index (χ2v) is 6.59. The maximum Gasteiger partial charge on any atom is 0.273 e. The summed E-state index contributed by atoms with van der Waals surface area (Å²) in [5.74, 6) is -0.252. The van der Waals surface area contributed by atoms with Crippen molar-refractivity contribution in [1.29, 1.82) is 0 Å². The average molecular weight is 352 g/mol. The first-order valence-corrected chi connectivity index (χ1v) is 7.31. The van der Waals surface area contributed by atoms with Gasteiger partial charge in [-0.2, -0.15) is 0 Å². The number of ketones is 1. The first kappa shape index (κ1) is 14.6. The molecule has 1 aromatic carbocycles. The number of nitrogens with zero attached hydrogens (tertiary/aromatic N) is 1. The van der Waals surface area contributed by atoms with Crippen LogP contribution in [0.25, 0.3) is 6.08 Å². The SMILES string of the molecule is Cc1ccc(C(=O)C=Cc2ccc(Br)s2)cc1[N+](=O)[O-]. The average Bonchev–Trinajstić information content (AvgIpc) is 2.82. The second-order valence-electron chi connectivity index (χ2n) is 4.10. The van der Waals surface area contributed by atoms with E-state index in [0.717, 1.165) is 8.66 Å². The van der Waals surface area contributed by atoms with Crippen LogP contribution in [0, 0.1) is 17.0 Å². The highest BCUT2D eigenvalue weighted by Crippen LogP contribution is 2.24. The number of allylic oxidation sites excluding steroid dienone is 1. The van der Waals surface area contributed by atoms with Gasteiger partial charge in [-0.3, -0.25) is 14.9 Å². The third-order valence-corrected chi connectivity index (χ3v) is 4.27. The summed E-state index contributed by atoms with van der Waals surface area (Å²) in [6.45, 7) is 1.64. The lowest BCUT2D eigenvalue weighted by Gasteiger charge is -1.99. The van der Waals surface area contributed by atoms with Crippen LogP contribution in [-0.2, 0) is 0 Å². The van der Waals surface area contributed by atoms with Crippen LogP contribution in [0.15, 0.2) is 40.2 Å². The van der Waals surface area contributed by atoms with Crippen molar-refractivity contribution in [2.24, 2.45) is 0 Å². The minimum absolute atomic E-state index is 0.0388. The molecular weight excluding hydrogens is 342 g/mol. The third kappa shape index (κ3) is 3.40. The van der Waals surface area contributed by atoms with Crippen molar-refractivity contribution in [3.05, 3.63) is 66.3 Å². The zero-order valence-electron chi connectivity index (χ0n) is 10.5. The fourth-order valence-corrected chi connectivity index (χ4v) is 2.96. The van der Waals surface area contributed by atoms with E-state index >= 15 is 0 Å².